The molecular weight excluding hydrogens is 409 g/mol. The molecule has 0 unspecified atom stereocenters. The molecule has 1 atom stereocenters. The maximum absolute atomic E-state index is 12.4. The molecule has 1 aromatic rings. The molecule has 0 saturated carbocycles. The molecule has 0 bridgehead atoms. The Bertz CT molecular complexity index is 823. The van der Waals surface area contributed by atoms with Gasteiger partial charge in [0.2, 0.25) is 0 Å². The van der Waals surface area contributed by atoms with Crippen LogP contribution in [0.2, 0.25) is 0 Å². The molecule has 176 valence electrons. The number of esters is 1. The lowest BCUT2D eigenvalue weighted by Gasteiger charge is -2.47. The first-order valence-corrected chi connectivity index (χ1v) is 11.5. The van der Waals surface area contributed by atoms with Crippen LogP contribution in [0.3, 0.4) is 0 Å². The van der Waals surface area contributed by atoms with E-state index in [1.165, 1.54) is 13.3 Å². The minimum absolute atomic E-state index is 0.211. The number of aromatic nitrogens is 2. The number of carbonyl (C=O) groups is 2. The van der Waals surface area contributed by atoms with Gasteiger partial charge in [-0.2, -0.15) is 0 Å². The Balaban J connectivity index is 1.60. The predicted octanol–water partition coefficient (Wildman–Crippen LogP) is 0.822. The Morgan fingerprint density at radius 1 is 1.19 bits per heavy atom. The largest absolute Gasteiger partial charge is 0.464 e. The molecule has 0 radical (unpaired) electrons. The van der Waals surface area contributed by atoms with Gasteiger partial charge in [0.15, 0.2) is 13.5 Å². The van der Waals surface area contributed by atoms with E-state index in [0.29, 0.717) is 12.1 Å². The summed E-state index contributed by atoms with van der Waals surface area (Å²) in [6.45, 7) is 12.1. The summed E-state index contributed by atoms with van der Waals surface area (Å²) < 4.78 is 10.3. The summed E-state index contributed by atoms with van der Waals surface area (Å²) in [4.78, 5) is 39.7. The molecule has 2 aliphatic rings. The van der Waals surface area contributed by atoms with Crippen molar-refractivity contribution in [1.29, 1.82) is 0 Å². The number of methoxy groups -OCH3 is 1. The molecule has 2 fully saturated rings. The first-order chi connectivity index (χ1) is 15.1. The van der Waals surface area contributed by atoms with Gasteiger partial charge in [0.05, 0.1) is 13.3 Å². The second-order valence-corrected chi connectivity index (χ2v) is 9.60. The number of nitrogens with zero attached hydrogens (tertiary/aromatic N) is 5. The molecule has 1 aromatic heterocycles. The zero-order valence-corrected chi connectivity index (χ0v) is 20.3. The molecular formula is C22H36BN5O4. The van der Waals surface area contributed by atoms with Crippen LogP contribution in [0.1, 0.15) is 57.4 Å². The molecule has 0 aromatic carbocycles. The second-order valence-electron chi connectivity index (χ2n) is 9.60. The van der Waals surface area contributed by atoms with Gasteiger partial charge in [-0.1, -0.05) is 6.92 Å². The molecule has 9 nitrogen and oxygen atoms in total. The maximum Gasteiger partial charge on any atom is 0.410 e. The average Bonchev–Trinajstić information content (AvgIpc) is 2.77. The summed E-state index contributed by atoms with van der Waals surface area (Å²) in [6.07, 6.45) is 4.24. The van der Waals surface area contributed by atoms with Crippen LogP contribution in [0.15, 0.2) is 6.20 Å². The van der Waals surface area contributed by atoms with E-state index in [1.807, 2.05) is 33.5 Å². The quantitative estimate of drug-likeness (QED) is 0.498. The van der Waals surface area contributed by atoms with Crippen LogP contribution in [0.4, 0.5) is 10.6 Å². The zero-order chi connectivity index (χ0) is 23.5. The van der Waals surface area contributed by atoms with Crippen LogP contribution in [0.25, 0.3) is 0 Å². The summed E-state index contributed by atoms with van der Waals surface area (Å²) in [6, 6.07) is 0.873. The number of likely N-dealkylation sites (tertiary alicyclic amines) is 1. The van der Waals surface area contributed by atoms with Gasteiger partial charge in [-0.3, -0.25) is 9.88 Å². The molecule has 3 heterocycles. The van der Waals surface area contributed by atoms with Crippen LogP contribution in [-0.2, 0) is 9.47 Å². The van der Waals surface area contributed by atoms with Gasteiger partial charge in [-0.25, -0.2) is 14.6 Å². The Morgan fingerprint density at radius 3 is 2.44 bits per heavy atom. The van der Waals surface area contributed by atoms with Gasteiger partial charge in [-0.05, 0) is 40.0 Å². The number of piperidine rings is 1. The zero-order valence-electron chi connectivity index (χ0n) is 20.3. The van der Waals surface area contributed by atoms with Gasteiger partial charge < -0.3 is 19.3 Å². The fourth-order valence-electron chi connectivity index (χ4n) is 4.60. The van der Waals surface area contributed by atoms with Crippen molar-refractivity contribution in [2.75, 3.05) is 44.7 Å². The molecule has 2 aliphatic heterocycles. The third-order valence-electron chi connectivity index (χ3n) is 6.20. The SMILES string of the molecule is Bc1nc(C(=O)OC)cnc1N1CCN(C2CCN(C(=O)OC(C)(C)C)CC2)[C@@H](CC)C1. The topological polar surface area (TPSA) is 88.1 Å². The molecule has 1 amide bonds. The minimum atomic E-state index is -0.471. The number of hydrogen-bond donors (Lipinski definition) is 0. The summed E-state index contributed by atoms with van der Waals surface area (Å²) in [5, 5.41) is 0. The highest BCUT2D eigenvalue weighted by atomic mass is 16.6. The maximum atomic E-state index is 12.4. The van der Waals surface area contributed by atoms with E-state index in [9.17, 15) is 9.59 Å². The second kappa shape index (κ2) is 10.1. The van der Waals surface area contributed by atoms with Gasteiger partial charge in [0.25, 0.3) is 0 Å². The van der Waals surface area contributed by atoms with Crippen molar-refractivity contribution in [2.45, 2.75) is 64.6 Å². The Labute approximate surface area is 191 Å². The molecule has 0 aliphatic carbocycles. The highest BCUT2D eigenvalue weighted by Gasteiger charge is 2.35. The number of carbonyl (C=O) groups excluding carboxylic acids is 2. The third-order valence-corrected chi connectivity index (χ3v) is 6.20. The lowest BCUT2D eigenvalue weighted by atomic mass is 9.97. The van der Waals surface area contributed by atoms with Crippen LogP contribution in [0, 0.1) is 0 Å². The number of hydrogen-bond acceptors (Lipinski definition) is 8. The van der Waals surface area contributed by atoms with Crippen LogP contribution in [0.5, 0.6) is 0 Å². The van der Waals surface area contributed by atoms with Crippen LogP contribution in [-0.4, -0.2) is 97.2 Å². The normalized spacial score (nSPS) is 20.8. The van der Waals surface area contributed by atoms with Crippen molar-refractivity contribution >= 4 is 31.3 Å². The number of piperazine rings is 1. The van der Waals surface area contributed by atoms with Gasteiger partial charge in [0.1, 0.15) is 11.4 Å². The molecule has 3 rings (SSSR count). The first-order valence-electron chi connectivity index (χ1n) is 11.5. The van der Waals surface area contributed by atoms with Gasteiger partial charge in [0, 0.05) is 50.4 Å². The molecule has 10 heteroatoms. The highest BCUT2D eigenvalue weighted by Crippen LogP contribution is 2.25. The van der Waals surface area contributed by atoms with Crippen LogP contribution >= 0.6 is 0 Å². The van der Waals surface area contributed by atoms with Gasteiger partial charge in [-0.15, -0.1) is 0 Å². The van der Waals surface area contributed by atoms with E-state index in [4.69, 9.17) is 9.47 Å². The first kappa shape index (κ1) is 24.3. The third kappa shape index (κ3) is 5.71. The molecule has 2 saturated heterocycles. The predicted molar refractivity (Wildman–Crippen MR) is 125 cm³/mol. The smallest absolute Gasteiger partial charge is 0.410 e. The summed E-state index contributed by atoms with van der Waals surface area (Å²) >= 11 is 0. The van der Waals surface area contributed by atoms with E-state index in [0.717, 1.165) is 63.4 Å². The average molecular weight is 445 g/mol. The molecule has 0 spiro atoms. The number of anilines is 1. The number of rotatable bonds is 4. The lowest BCUT2D eigenvalue weighted by molar-refractivity contribution is 0.00943. The van der Waals surface area contributed by atoms with E-state index in [2.05, 4.69) is 26.7 Å². The van der Waals surface area contributed by atoms with Crippen molar-refractivity contribution in [3.8, 4) is 0 Å². The number of amides is 1. The Kier molecular flexibility index (Phi) is 7.64. The number of ether oxygens (including phenoxy) is 2. The molecule has 0 N–H and O–H groups in total. The minimum Gasteiger partial charge on any atom is -0.464 e. The van der Waals surface area contributed by atoms with Crippen LogP contribution < -0.4 is 10.5 Å². The van der Waals surface area contributed by atoms with Crippen molar-refractivity contribution in [3.05, 3.63) is 11.9 Å². The van der Waals surface area contributed by atoms with Crippen molar-refractivity contribution in [1.82, 2.24) is 19.8 Å². The standard InChI is InChI=1S/C22H36BN5O4/c1-6-15-14-27(19-18(23)25-17(13-24-19)20(29)31-5)11-12-28(15)16-7-9-26(10-8-16)21(30)32-22(2,3)4/h13,15-16H,6-12,14,23H2,1-5H3/t15-/m0/s1. The van der Waals surface area contributed by atoms with Crippen molar-refractivity contribution in [2.24, 2.45) is 0 Å². The van der Waals surface area contributed by atoms with E-state index in [1.54, 1.807) is 0 Å². The monoisotopic (exact) mass is 445 g/mol. The van der Waals surface area contributed by atoms with E-state index >= 15 is 0 Å². The van der Waals surface area contributed by atoms with Gasteiger partial charge >= 0.3 is 12.1 Å². The fraction of sp³-hybridized carbons (Fsp3) is 0.727. The molecule has 32 heavy (non-hydrogen) atoms. The summed E-state index contributed by atoms with van der Waals surface area (Å²) in [7, 11) is 3.23. The van der Waals surface area contributed by atoms with E-state index in [-0.39, 0.29) is 11.8 Å². The Morgan fingerprint density at radius 2 is 1.88 bits per heavy atom. The summed E-state index contributed by atoms with van der Waals surface area (Å²) in [5.41, 5.74) is 0.506. The summed E-state index contributed by atoms with van der Waals surface area (Å²) in [5.74, 6) is 0.358. The van der Waals surface area contributed by atoms with Crippen molar-refractivity contribution in [3.63, 3.8) is 0 Å². The fourth-order valence-corrected chi connectivity index (χ4v) is 4.60. The van der Waals surface area contributed by atoms with Crippen molar-refractivity contribution < 1.29 is 19.1 Å². The highest BCUT2D eigenvalue weighted by molar-refractivity contribution is 6.34. The van der Waals surface area contributed by atoms with E-state index < -0.39 is 11.6 Å². The lowest BCUT2D eigenvalue weighted by Crippen LogP contribution is -2.59. The Hall–Kier alpha value is -2.36.